The lowest BCUT2D eigenvalue weighted by molar-refractivity contribution is 0.104. The summed E-state index contributed by atoms with van der Waals surface area (Å²) in [4.78, 5) is 0. The van der Waals surface area contributed by atoms with E-state index in [2.05, 4.69) is 42.0 Å². The highest BCUT2D eigenvalue weighted by molar-refractivity contribution is 4.71. The van der Waals surface area contributed by atoms with Gasteiger partial charge in [-0.25, -0.2) is 0 Å². The molecule has 0 bridgehead atoms. The standard InChI is InChI=1S/C22H52N6O/c1-19(2)18-20(3)27-16-5-4-10-21(24)22(29)28-17-9-15-26-13-7-6-12-25-14-8-11-23/h19-22,25-29H,4-18,23-24H2,1-3H3/t20?,21-,22?/m1/s1. The van der Waals surface area contributed by atoms with Gasteiger partial charge in [-0.05, 0) is 104 Å². The highest BCUT2D eigenvalue weighted by Gasteiger charge is 2.13. The summed E-state index contributed by atoms with van der Waals surface area (Å²) in [6.07, 6.45) is 8.03. The highest BCUT2D eigenvalue weighted by Crippen LogP contribution is 2.05. The normalized spacial score (nSPS) is 15.0. The van der Waals surface area contributed by atoms with Crippen LogP contribution < -0.4 is 32.7 Å². The van der Waals surface area contributed by atoms with Gasteiger partial charge in [-0.3, -0.25) is 5.32 Å². The van der Waals surface area contributed by atoms with Gasteiger partial charge in [0.25, 0.3) is 0 Å². The van der Waals surface area contributed by atoms with Crippen LogP contribution in [0.2, 0.25) is 0 Å². The fourth-order valence-corrected chi connectivity index (χ4v) is 3.39. The number of nitrogens with two attached hydrogens (primary N) is 2. The first-order valence-corrected chi connectivity index (χ1v) is 12.0. The molecule has 176 valence electrons. The number of nitrogens with one attached hydrogen (secondary N) is 4. The van der Waals surface area contributed by atoms with Gasteiger partial charge in [0.1, 0.15) is 6.23 Å². The number of aliphatic hydroxyl groups is 1. The average Bonchev–Trinajstić information content (AvgIpc) is 2.67. The average molecular weight is 417 g/mol. The monoisotopic (exact) mass is 416 g/mol. The molecule has 3 atom stereocenters. The number of unbranched alkanes of at least 4 members (excludes halogenated alkanes) is 2. The molecule has 0 amide bonds. The van der Waals surface area contributed by atoms with E-state index in [-0.39, 0.29) is 6.04 Å². The van der Waals surface area contributed by atoms with E-state index >= 15 is 0 Å². The molecule has 0 aromatic rings. The fourth-order valence-electron chi connectivity index (χ4n) is 3.39. The van der Waals surface area contributed by atoms with Gasteiger partial charge >= 0.3 is 0 Å². The van der Waals surface area contributed by atoms with Crippen LogP contribution in [-0.2, 0) is 0 Å². The minimum absolute atomic E-state index is 0.192. The molecule has 29 heavy (non-hydrogen) atoms. The van der Waals surface area contributed by atoms with Crippen molar-refractivity contribution in [3.63, 3.8) is 0 Å². The van der Waals surface area contributed by atoms with Crippen molar-refractivity contribution in [2.45, 2.75) is 90.4 Å². The third kappa shape index (κ3) is 20.8. The fraction of sp³-hybridized carbons (Fsp3) is 1.00. The molecule has 2 unspecified atom stereocenters. The Kier molecular flexibility index (Phi) is 20.8. The predicted octanol–water partition coefficient (Wildman–Crippen LogP) is 1.11. The van der Waals surface area contributed by atoms with E-state index in [0.29, 0.717) is 6.04 Å². The van der Waals surface area contributed by atoms with Gasteiger partial charge in [0, 0.05) is 12.1 Å². The molecule has 0 saturated carbocycles. The van der Waals surface area contributed by atoms with Crippen molar-refractivity contribution in [2.24, 2.45) is 17.4 Å². The molecule has 0 rings (SSSR count). The molecule has 0 saturated heterocycles. The second-order valence-electron chi connectivity index (χ2n) is 8.75. The van der Waals surface area contributed by atoms with Gasteiger partial charge in [-0.2, -0.15) is 0 Å². The van der Waals surface area contributed by atoms with Crippen molar-refractivity contribution in [1.29, 1.82) is 0 Å². The van der Waals surface area contributed by atoms with Crippen molar-refractivity contribution in [3.05, 3.63) is 0 Å². The maximum absolute atomic E-state index is 10.1. The summed E-state index contributed by atoms with van der Waals surface area (Å²) >= 11 is 0. The van der Waals surface area contributed by atoms with Gasteiger partial charge in [0.2, 0.25) is 0 Å². The smallest absolute Gasteiger partial charge is 0.120 e. The Balaban J connectivity index is 3.39. The number of hydrogen-bond donors (Lipinski definition) is 7. The summed E-state index contributed by atoms with van der Waals surface area (Å²) in [5, 5.41) is 23.7. The summed E-state index contributed by atoms with van der Waals surface area (Å²) in [6, 6.07) is 0.380. The van der Waals surface area contributed by atoms with Crippen LogP contribution in [0.25, 0.3) is 0 Å². The third-order valence-corrected chi connectivity index (χ3v) is 5.09. The molecule has 9 N–H and O–H groups in total. The zero-order chi connectivity index (χ0) is 21.7. The first-order valence-electron chi connectivity index (χ1n) is 12.0. The Hall–Kier alpha value is -0.280. The minimum atomic E-state index is -0.609. The van der Waals surface area contributed by atoms with Crippen LogP contribution in [0.1, 0.15) is 72.1 Å². The van der Waals surface area contributed by atoms with E-state index in [4.69, 9.17) is 11.5 Å². The van der Waals surface area contributed by atoms with E-state index in [1.807, 2.05) is 0 Å². The van der Waals surface area contributed by atoms with Gasteiger partial charge in [-0.1, -0.05) is 20.3 Å². The maximum atomic E-state index is 10.1. The summed E-state index contributed by atoms with van der Waals surface area (Å²) in [6.45, 7) is 13.4. The summed E-state index contributed by atoms with van der Waals surface area (Å²) in [5.41, 5.74) is 11.6. The SMILES string of the molecule is CC(C)CC(C)NCCCC[C@@H](N)C(O)NCCCNCCCCNCCCN. The molecular formula is C22H52N6O. The van der Waals surface area contributed by atoms with Crippen molar-refractivity contribution < 1.29 is 5.11 Å². The molecule has 0 aromatic carbocycles. The molecule has 0 aliphatic carbocycles. The lowest BCUT2D eigenvalue weighted by Gasteiger charge is -2.20. The van der Waals surface area contributed by atoms with Crippen LogP contribution in [0.5, 0.6) is 0 Å². The zero-order valence-electron chi connectivity index (χ0n) is 19.5. The molecule has 0 aromatic heterocycles. The lowest BCUT2D eigenvalue weighted by Crippen LogP contribution is -2.45. The van der Waals surface area contributed by atoms with Gasteiger partial charge in [-0.15, -0.1) is 0 Å². The topological polar surface area (TPSA) is 120 Å². The molecule has 0 heterocycles. The van der Waals surface area contributed by atoms with Crippen molar-refractivity contribution in [1.82, 2.24) is 21.3 Å². The minimum Gasteiger partial charge on any atom is -0.377 e. The molecule has 0 spiro atoms. The van der Waals surface area contributed by atoms with Crippen LogP contribution >= 0.6 is 0 Å². The van der Waals surface area contributed by atoms with E-state index in [1.54, 1.807) is 0 Å². The van der Waals surface area contributed by atoms with Crippen LogP contribution in [0.15, 0.2) is 0 Å². The Morgan fingerprint density at radius 2 is 1.28 bits per heavy atom. The highest BCUT2D eigenvalue weighted by atomic mass is 16.3. The van der Waals surface area contributed by atoms with Crippen molar-refractivity contribution >= 4 is 0 Å². The molecular weight excluding hydrogens is 364 g/mol. The maximum Gasteiger partial charge on any atom is 0.120 e. The summed E-state index contributed by atoms with van der Waals surface area (Å²) in [7, 11) is 0. The molecule has 7 heteroatoms. The van der Waals surface area contributed by atoms with Crippen molar-refractivity contribution in [2.75, 3.05) is 45.8 Å². The number of hydrogen-bond acceptors (Lipinski definition) is 7. The molecule has 0 aliphatic rings. The van der Waals surface area contributed by atoms with Gasteiger partial charge in [0.05, 0.1) is 0 Å². The molecule has 0 radical (unpaired) electrons. The summed E-state index contributed by atoms with van der Waals surface area (Å²) in [5.74, 6) is 0.733. The van der Waals surface area contributed by atoms with Gasteiger partial charge < -0.3 is 32.5 Å². The lowest BCUT2D eigenvalue weighted by atomic mass is 10.0. The Morgan fingerprint density at radius 1 is 0.724 bits per heavy atom. The quantitative estimate of drug-likeness (QED) is 0.104. The van der Waals surface area contributed by atoms with Crippen LogP contribution in [0, 0.1) is 5.92 Å². The van der Waals surface area contributed by atoms with Crippen LogP contribution in [0.4, 0.5) is 0 Å². The Labute approximate surface area is 180 Å². The summed E-state index contributed by atoms with van der Waals surface area (Å²) < 4.78 is 0. The van der Waals surface area contributed by atoms with Crippen LogP contribution in [-0.4, -0.2) is 69.2 Å². The molecule has 0 fully saturated rings. The van der Waals surface area contributed by atoms with Crippen LogP contribution in [0.3, 0.4) is 0 Å². The molecule has 7 nitrogen and oxygen atoms in total. The second kappa shape index (κ2) is 21.0. The Morgan fingerprint density at radius 3 is 1.90 bits per heavy atom. The zero-order valence-corrected chi connectivity index (χ0v) is 19.5. The first-order chi connectivity index (χ1) is 14.0. The van der Waals surface area contributed by atoms with E-state index in [1.165, 1.54) is 19.3 Å². The number of aliphatic hydroxyl groups excluding tert-OH is 1. The van der Waals surface area contributed by atoms with E-state index in [9.17, 15) is 5.11 Å². The third-order valence-electron chi connectivity index (χ3n) is 5.09. The Bertz CT molecular complexity index is 332. The first kappa shape index (κ1) is 28.7. The predicted molar refractivity (Wildman–Crippen MR) is 126 cm³/mol. The van der Waals surface area contributed by atoms with Crippen molar-refractivity contribution in [3.8, 4) is 0 Å². The number of rotatable bonds is 22. The van der Waals surface area contributed by atoms with E-state index < -0.39 is 6.23 Å². The van der Waals surface area contributed by atoms with E-state index in [0.717, 1.165) is 83.8 Å². The second-order valence-corrected chi connectivity index (χ2v) is 8.75. The largest absolute Gasteiger partial charge is 0.377 e. The van der Waals surface area contributed by atoms with Gasteiger partial charge in [0.15, 0.2) is 0 Å². The molecule has 0 aliphatic heterocycles.